The maximum absolute atomic E-state index is 12.4. The molecule has 136 valence electrons. The van der Waals surface area contributed by atoms with Crippen LogP contribution in [0, 0.1) is 5.41 Å². The van der Waals surface area contributed by atoms with Crippen molar-refractivity contribution in [1.29, 1.82) is 0 Å². The van der Waals surface area contributed by atoms with E-state index < -0.39 is 0 Å². The van der Waals surface area contributed by atoms with Gasteiger partial charge in [0.1, 0.15) is 5.75 Å². The molecule has 26 heavy (non-hydrogen) atoms. The van der Waals surface area contributed by atoms with Gasteiger partial charge in [-0.3, -0.25) is 9.59 Å². The SMILES string of the molecule is CC1(CN)CCN(C(=O)COc2ccc(C(=O)c3ccccc3)cc2)C1. The lowest BCUT2D eigenvalue weighted by atomic mass is 9.90. The molecular formula is C21H24N2O3. The Kier molecular flexibility index (Phi) is 5.38. The van der Waals surface area contributed by atoms with Gasteiger partial charge in [0.2, 0.25) is 0 Å². The zero-order valence-electron chi connectivity index (χ0n) is 15.0. The third kappa shape index (κ3) is 4.11. The van der Waals surface area contributed by atoms with E-state index in [9.17, 15) is 9.59 Å². The summed E-state index contributed by atoms with van der Waals surface area (Å²) in [6, 6.07) is 16.0. The molecule has 2 N–H and O–H groups in total. The Morgan fingerprint density at radius 2 is 1.73 bits per heavy atom. The first kappa shape index (κ1) is 18.1. The molecule has 1 atom stereocenters. The molecule has 1 aliphatic rings. The predicted molar refractivity (Wildman–Crippen MR) is 100 cm³/mol. The number of hydrogen-bond acceptors (Lipinski definition) is 4. The number of ether oxygens (including phenoxy) is 1. The summed E-state index contributed by atoms with van der Waals surface area (Å²) in [5.41, 5.74) is 7.03. The van der Waals surface area contributed by atoms with Crippen LogP contribution in [0.4, 0.5) is 0 Å². The van der Waals surface area contributed by atoms with Gasteiger partial charge in [0, 0.05) is 24.2 Å². The first-order valence-electron chi connectivity index (χ1n) is 8.81. The van der Waals surface area contributed by atoms with E-state index in [-0.39, 0.29) is 23.7 Å². The molecule has 1 heterocycles. The molecule has 0 bridgehead atoms. The Morgan fingerprint density at radius 1 is 1.08 bits per heavy atom. The topological polar surface area (TPSA) is 72.6 Å². The van der Waals surface area contributed by atoms with Crippen molar-refractivity contribution >= 4 is 11.7 Å². The van der Waals surface area contributed by atoms with Crippen LogP contribution in [0.5, 0.6) is 5.75 Å². The van der Waals surface area contributed by atoms with Gasteiger partial charge in [0.05, 0.1) is 0 Å². The van der Waals surface area contributed by atoms with Crippen molar-refractivity contribution in [3.63, 3.8) is 0 Å². The van der Waals surface area contributed by atoms with Crippen LogP contribution >= 0.6 is 0 Å². The van der Waals surface area contributed by atoms with E-state index in [1.54, 1.807) is 41.3 Å². The normalized spacial score (nSPS) is 19.4. The van der Waals surface area contributed by atoms with E-state index in [1.165, 1.54) is 0 Å². The zero-order chi connectivity index (χ0) is 18.6. The van der Waals surface area contributed by atoms with Gasteiger partial charge in [-0.1, -0.05) is 37.3 Å². The molecule has 1 saturated heterocycles. The number of rotatable bonds is 6. The van der Waals surface area contributed by atoms with Crippen LogP contribution < -0.4 is 10.5 Å². The average molecular weight is 352 g/mol. The second-order valence-electron chi connectivity index (χ2n) is 7.09. The Bertz CT molecular complexity index is 774. The van der Waals surface area contributed by atoms with Crippen LogP contribution in [0.2, 0.25) is 0 Å². The van der Waals surface area contributed by atoms with Crippen LogP contribution in [-0.4, -0.2) is 42.8 Å². The second kappa shape index (κ2) is 7.70. The average Bonchev–Trinajstić information content (AvgIpc) is 3.10. The Morgan fingerprint density at radius 3 is 2.35 bits per heavy atom. The number of carbonyl (C=O) groups is 2. The van der Waals surface area contributed by atoms with Gasteiger partial charge in [-0.15, -0.1) is 0 Å². The molecule has 2 aromatic rings. The maximum atomic E-state index is 12.4. The van der Waals surface area contributed by atoms with Gasteiger partial charge >= 0.3 is 0 Å². The lowest BCUT2D eigenvalue weighted by molar-refractivity contribution is -0.132. The van der Waals surface area contributed by atoms with Crippen LogP contribution in [-0.2, 0) is 4.79 Å². The minimum absolute atomic E-state index is 0.00731. The van der Waals surface area contributed by atoms with Crippen LogP contribution in [0.1, 0.15) is 29.3 Å². The first-order chi connectivity index (χ1) is 12.5. The summed E-state index contributed by atoms with van der Waals surface area (Å²) in [6.45, 7) is 4.07. The summed E-state index contributed by atoms with van der Waals surface area (Å²) in [6.07, 6.45) is 0.922. The summed E-state index contributed by atoms with van der Waals surface area (Å²) < 4.78 is 5.59. The molecular weight excluding hydrogens is 328 g/mol. The molecule has 0 saturated carbocycles. The molecule has 1 amide bonds. The van der Waals surface area contributed by atoms with Crippen molar-refractivity contribution in [3.8, 4) is 5.75 Å². The smallest absolute Gasteiger partial charge is 0.260 e. The van der Waals surface area contributed by atoms with Gasteiger partial charge < -0.3 is 15.4 Å². The first-order valence-corrected chi connectivity index (χ1v) is 8.81. The van der Waals surface area contributed by atoms with E-state index in [4.69, 9.17) is 10.5 Å². The van der Waals surface area contributed by atoms with E-state index in [1.807, 2.05) is 18.2 Å². The number of ketones is 1. The summed E-state index contributed by atoms with van der Waals surface area (Å²) in [5, 5.41) is 0. The van der Waals surface area contributed by atoms with Crippen LogP contribution in [0.3, 0.4) is 0 Å². The van der Waals surface area contributed by atoms with E-state index in [0.717, 1.165) is 13.0 Å². The number of nitrogens with two attached hydrogens (primary N) is 1. The minimum atomic E-state index is -0.0358. The molecule has 1 fully saturated rings. The number of likely N-dealkylation sites (tertiary alicyclic amines) is 1. The van der Waals surface area contributed by atoms with Crippen molar-refractivity contribution in [2.45, 2.75) is 13.3 Å². The lowest BCUT2D eigenvalue weighted by Crippen LogP contribution is -2.36. The van der Waals surface area contributed by atoms with Gasteiger partial charge in [0.25, 0.3) is 5.91 Å². The Balaban J connectivity index is 1.55. The fourth-order valence-corrected chi connectivity index (χ4v) is 3.10. The molecule has 0 aromatic heterocycles. The highest BCUT2D eigenvalue weighted by Crippen LogP contribution is 2.28. The molecule has 0 aliphatic carbocycles. The summed E-state index contributed by atoms with van der Waals surface area (Å²) in [5.74, 6) is 0.502. The Labute approximate surface area is 153 Å². The standard InChI is InChI=1S/C21H24N2O3/c1-21(14-22)11-12-23(15-21)19(24)13-26-18-9-7-17(8-10-18)20(25)16-5-3-2-4-6-16/h2-10H,11-15,22H2,1H3. The number of carbonyl (C=O) groups excluding carboxylic acids is 2. The molecule has 5 nitrogen and oxygen atoms in total. The number of nitrogens with zero attached hydrogens (tertiary/aromatic N) is 1. The largest absolute Gasteiger partial charge is 0.484 e. The zero-order valence-corrected chi connectivity index (χ0v) is 15.0. The van der Waals surface area contributed by atoms with Gasteiger partial charge in [-0.25, -0.2) is 0 Å². The predicted octanol–water partition coefficient (Wildman–Crippen LogP) is 2.49. The highest BCUT2D eigenvalue weighted by atomic mass is 16.5. The number of hydrogen-bond donors (Lipinski definition) is 1. The highest BCUT2D eigenvalue weighted by molar-refractivity contribution is 6.08. The fraction of sp³-hybridized carbons (Fsp3) is 0.333. The molecule has 2 aromatic carbocycles. The molecule has 1 unspecified atom stereocenters. The van der Waals surface area contributed by atoms with E-state index in [2.05, 4.69) is 6.92 Å². The van der Waals surface area contributed by atoms with Crippen LogP contribution in [0.15, 0.2) is 54.6 Å². The summed E-state index contributed by atoms with van der Waals surface area (Å²) >= 11 is 0. The van der Waals surface area contributed by atoms with Gasteiger partial charge in [-0.2, -0.15) is 0 Å². The summed E-state index contributed by atoms with van der Waals surface area (Å²) in [4.78, 5) is 26.5. The van der Waals surface area contributed by atoms with Crippen molar-refractivity contribution < 1.29 is 14.3 Å². The fourth-order valence-electron chi connectivity index (χ4n) is 3.10. The minimum Gasteiger partial charge on any atom is -0.484 e. The van der Waals surface area contributed by atoms with Gasteiger partial charge in [-0.05, 0) is 42.6 Å². The maximum Gasteiger partial charge on any atom is 0.260 e. The number of benzene rings is 2. The molecule has 3 rings (SSSR count). The highest BCUT2D eigenvalue weighted by Gasteiger charge is 2.34. The summed E-state index contributed by atoms with van der Waals surface area (Å²) in [7, 11) is 0. The third-order valence-corrected chi connectivity index (χ3v) is 4.92. The van der Waals surface area contributed by atoms with Crippen LogP contribution in [0.25, 0.3) is 0 Å². The monoisotopic (exact) mass is 352 g/mol. The quantitative estimate of drug-likeness (QED) is 0.811. The van der Waals surface area contributed by atoms with Crippen molar-refractivity contribution in [2.75, 3.05) is 26.2 Å². The third-order valence-electron chi connectivity index (χ3n) is 4.92. The van der Waals surface area contributed by atoms with Gasteiger partial charge in [0.15, 0.2) is 12.4 Å². The van der Waals surface area contributed by atoms with E-state index >= 15 is 0 Å². The molecule has 0 spiro atoms. The van der Waals surface area contributed by atoms with Crippen molar-refractivity contribution in [1.82, 2.24) is 4.90 Å². The number of amides is 1. The van der Waals surface area contributed by atoms with E-state index in [0.29, 0.717) is 30.0 Å². The molecule has 5 heteroatoms. The van der Waals surface area contributed by atoms with Crippen molar-refractivity contribution in [3.05, 3.63) is 65.7 Å². The van der Waals surface area contributed by atoms with Crippen molar-refractivity contribution in [2.24, 2.45) is 11.1 Å². The molecule has 0 radical (unpaired) electrons. The lowest BCUT2D eigenvalue weighted by Gasteiger charge is -2.22. The molecule has 1 aliphatic heterocycles. The second-order valence-corrected chi connectivity index (χ2v) is 7.09. The Hall–Kier alpha value is -2.66.